The van der Waals surface area contributed by atoms with Crippen LogP contribution in [0.2, 0.25) is 0 Å². The first-order valence-corrected chi connectivity index (χ1v) is 16.2. The lowest BCUT2D eigenvalue weighted by Gasteiger charge is -2.38. The Kier molecular flexibility index (Phi) is 8.27. The highest BCUT2D eigenvalue weighted by molar-refractivity contribution is 7.89. The van der Waals surface area contributed by atoms with E-state index >= 15 is 0 Å². The van der Waals surface area contributed by atoms with E-state index in [0.717, 1.165) is 5.56 Å². The molecule has 0 radical (unpaired) electrons. The molecule has 2 fully saturated rings. The highest BCUT2D eigenvalue weighted by Gasteiger charge is 2.45. The number of pyridine rings is 1. The Morgan fingerprint density at radius 1 is 1.20 bits per heavy atom. The van der Waals surface area contributed by atoms with E-state index in [9.17, 15) is 27.0 Å². The van der Waals surface area contributed by atoms with Crippen molar-refractivity contribution in [1.82, 2.24) is 14.6 Å². The van der Waals surface area contributed by atoms with Gasteiger partial charge >= 0.3 is 0 Å². The molecule has 2 saturated heterocycles. The number of nitrogens with one attached hydrogen (secondary N) is 1. The number of sulfonamides is 2. The lowest BCUT2D eigenvalue weighted by atomic mass is 9.88. The Morgan fingerprint density at radius 3 is 2.68 bits per heavy atom. The number of nitrogens with zero attached hydrogens (tertiary/aromatic N) is 2. The molecule has 222 valence electrons. The number of aliphatic hydroxyl groups excluding tert-OH is 1. The zero-order valence-electron chi connectivity index (χ0n) is 22.6. The average Bonchev–Trinajstić information content (AvgIpc) is 3.32. The molecule has 1 aromatic heterocycles. The third-order valence-corrected chi connectivity index (χ3v) is 10.5. The molecule has 1 unspecified atom stereocenters. The fourth-order valence-electron chi connectivity index (χ4n) is 5.35. The monoisotopic (exact) mass is 606 g/mol. The van der Waals surface area contributed by atoms with E-state index in [0.29, 0.717) is 36.8 Å². The van der Waals surface area contributed by atoms with Crippen molar-refractivity contribution in [3.05, 3.63) is 54.2 Å². The van der Waals surface area contributed by atoms with Crippen molar-refractivity contribution in [2.24, 2.45) is 5.14 Å². The minimum atomic E-state index is -3.95. The molecule has 2 aliphatic heterocycles. The summed E-state index contributed by atoms with van der Waals surface area (Å²) in [6.07, 6.45) is 2.01. The summed E-state index contributed by atoms with van der Waals surface area (Å²) in [5, 5.41) is 29.9. The second kappa shape index (κ2) is 11.4. The van der Waals surface area contributed by atoms with Crippen molar-refractivity contribution in [2.45, 2.75) is 53.7 Å². The van der Waals surface area contributed by atoms with Crippen LogP contribution >= 0.6 is 0 Å². The number of aromatic hydroxyl groups is 1. The predicted octanol–water partition coefficient (Wildman–Crippen LogP) is 1.24. The molecular weight excluding hydrogens is 572 g/mol. The van der Waals surface area contributed by atoms with Gasteiger partial charge in [-0.15, -0.1) is 0 Å². The standard InChI is InChI=1S/C27H34N4O8S2/c1-18-5-6-23-24(11-18)30-15-25(26(23)33)41(36,37)31-9-7-27(8-10-31)13-19(16-39-27)29-14-20(32)17-38-21-3-2-4-22(12-21)40(28,34)35/h2-6,11-12,15,19-20,29,32H,7-10,13-14,16-17H2,1H3,(H,30,33)(H2,28,34,35)/t19-,20?/m1/s1. The van der Waals surface area contributed by atoms with Crippen molar-refractivity contribution < 1.29 is 36.5 Å². The van der Waals surface area contributed by atoms with Crippen molar-refractivity contribution >= 4 is 30.9 Å². The zero-order valence-corrected chi connectivity index (χ0v) is 24.2. The highest BCUT2D eigenvalue weighted by Crippen LogP contribution is 2.39. The molecule has 3 aromatic rings. The molecule has 2 atom stereocenters. The Labute approximate surface area is 239 Å². The number of hydrogen-bond donors (Lipinski definition) is 4. The summed E-state index contributed by atoms with van der Waals surface area (Å²) in [7, 11) is -7.81. The van der Waals surface area contributed by atoms with Crippen LogP contribution < -0.4 is 15.2 Å². The third kappa shape index (κ3) is 6.48. The number of aromatic nitrogens is 1. The zero-order chi connectivity index (χ0) is 29.4. The van der Waals surface area contributed by atoms with Gasteiger partial charge in [0, 0.05) is 37.1 Å². The van der Waals surface area contributed by atoms with E-state index < -0.39 is 31.8 Å². The molecule has 2 aromatic carbocycles. The van der Waals surface area contributed by atoms with Gasteiger partial charge < -0.3 is 25.0 Å². The average molecular weight is 607 g/mol. The van der Waals surface area contributed by atoms with Crippen LogP contribution in [0.15, 0.2) is 58.5 Å². The van der Waals surface area contributed by atoms with Gasteiger partial charge in [0.2, 0.25) is 20.0 Å². The predicted molar refractivity (Wildman–Crippen MR) is 151 cm³/mol. The molecule has 12 nitrogen and oxygen atoms in total. The Morgan fingerprint density at radius 2 is 1.95 bits per heavy atom. The summed E-state index contributed by atoms with van der Waals surface area (Å²) in [6.45, 7) is 2.99. The summed E-state index contributed by atoms with van der Waals surface area (Å²) in [4.78, 5) is 3.99. The third-order valence-electron chi connectivity index (χ3n) is 7.64. The van der Waals surface area contributed by atoms with Gasteiger partial charge in [0.05, 0.1) is 28.8 Å². The lowest BCUT2D eigenvalue weighted by molar-refractivity contribution is -0.0312. The SMILES string of the molecule is Cc1ccc2c(O)c(S(=O)(=O)N3CCC4(CC3)C[C@@H](NCC(O)COc3cccc(S(N)(=O)=O)c3)CO4)cnc2c1. The molecular formula is C27H34N4O8S2. The van der Waals surface area contributed by atoms with Crippen molar-refractivity contribution in [2.75, 3.05) is 32.8 Å². The maximum atomic E-state index is 13.4. The number of aryl methyl sites for hydroxylation is 1. The first-order chi connectivity index (χ1) is 19.4. The summed E-state index contributed by atoms with van der Waals surface area (Å²) >= 11 is 0. The summed E-state index contributed by atoms with van der Waals surface area (Å²) in [5.74, 6) is -0.0142. The number of hydrogen-bond acceptors (Lipinski definition) is 10. The van der Waals surface area contributed by atoms with Crippen molar-refractivity contribution in [3.63, 3.8) is 0 Å². The van der Waals surface area contributed by atoms with E-state index in [1.54, 1.807) is 24.3 Å². The first-order valence-electron chi connectivity index (χ1n) is 13.3. The van der Waals surface area contributed by atoms with Crippen molar-refractivity contribution in [1.29, 1.82) is 0 Å². The molecule has 3 heterocycles. The molecule has 0 aliphatic carbocycles. The molecule has 1 spiro atoms. The normalized spacial score (nSPS) is 20.4. The van der Waals surface area contributed by atoms with Gasteiger partial charge in [-0.25, -0.2) is 22.0 Å². The van der Waals surface area contributed by atoms with Gasteiger partial charge in [-0.1, -0.05) is 12.1 Å². The molecule has 0 saturated carbocycles. The highest BCUT2D eigenvalue weighted by atomic mass is 32.2. The number of primary sulfonamides is 1. The van der Waals surface area contributed by atoms with Gasteiger partial charge in [0.1, 0.15) is 29.1 Å². The van der Waals surface area contributed by atoms with E-state index in [1.807, 2.05) is 6.92 Å². The number of aliphatic hydroxyl groups is 1. The topological polar surface area (TPSA) is 181 Å². The molecule has 5 rings (SSSR count). The van der Waals surface area contributed by atoms with Crippen LogP contribution in [0.1, 0.15) is 24.8 Å². The van der Waals surface area contributed by atoms with E-state index in [4.69, 9.17) is 14.6 Å². The fourth-order valence-corrected chi connectivity index (χ4v) is 7.38. The molecule has 0 amide bonds. The van der Waals surface area contributed by atoms with E-state index in [2.05, 4.69) is 10.3 Å². The lowest BCUT2D eigenvalue weighted by Crippen LogP contribution is -2.47. The van der Waals surface area contributed by atoms with Gasteiger partial charge in [0.15, 0.2) is 0 Å². The van der Waals surface area contributed by atoms with Crippen LogP contribution in [-0.2, 0) is 24.8 Å². The molecule has 14 heteroatoms. The second-order valence-corrected chi connectivity index (χ2v) is 14.2. The van der Waals surface area contributed by atoms with Crippen LogP contribution in [-0.4, -0.2) is 86.9 Å². The Bertz CT molecular complexity index is 1640. The van der Waals surface area contributed by atoms with Crippen molar-refractivity contribution in [3.8, 4) is 11.5 Å². The number of rotatable bonds is 9. The molecule has 5 N–H and O–H groups in total. The van der Waals surface area contributed by atoms with Crippen LogP contribution in [0.5, 0.6) is 11.5 Å². The number of nitrogens with two attached hydrogens (primary N) is 1. The van der Waals surface area contributed by atoms with Crippen LogP contribution in [0.25, 0.3) is 10.9 Å². The van der Waals surface area contributed by atoms with E-state index in [-0.39, 0.29) is 53.6 Å². The maximum Gasteiger partial charge on any atom is 0.248 e. The van der Waals surface area contributed by atoms with Gasteiger partial charge in [-0.2, -0.15) is 4.31 Å². The van der Waals surface area contributed by atoms with Gasteiger partial charge in [0.25, 0.3) is 0 Å². The Balaban J connectivity index is 1.12. The summed E-state index contributed by atoms with van der Waals surface area (Å²) in [6, 6.07) is 11.0. The first kappa shape index (κ1) is 29.6. The fraction of sp³-hybridized carbons (Fsp3) is 0.444. The quantitative estimate of drug-likeness (QED) is 0.277. The maximum absolute atomic E-state index is 13.4. The van der Waals surface area contributed by atoms with Gasteiger partial charge in [-0.3, -0.25) is 4.98 Å². The molecule has 41 heavy (non-hydrogen) atoms. The van der Waals surface area contributed by atoms with E-state index in [1.165, 1.54) is 28.7 Å². The minimum absolute atomic E-state index is 0.0318. The molecule has 2 aliphatic rings. The summed E-state index contributed by atoms with van der Waals surface area (Å²) in [5.41, 5.74) is 1.02. The molecule has 0 bridgehead atoms. The number of piperidine rings is 1. The van der Waals surface area contributed by atoms with Gasteiger partial charge in [-0.05, 0) is 56.0 Å². The smallest absolute Gasteiger partial charge is 0.248 e. The largest absolute Gasteiger partial charge is 0.506 e. The van der Waals surface area contributed by atoms with Crippen LogP contribution in [0.3, 0.4) is 0 Å². The van der Waals surface area contributed by atoms with Crippen LogP contribution in [0, 0.1) is 6.92 Å². The number of ether oxygens (including phenoxy) is 2. The summed E-state index contributed by atoms with van der Waals surface area (Å²) < 4.78 is 62.8. The van der Waals surface area contributed by atoms with Crippen LogP contribution in [0.4, 0.5) is 0 Å². The Hall–Kier alpha value is -2.85. The second-order valence-electron chi connectivity index (χ2n) is 10.7. The number of fused-ring (bicyclic) bond motifs is 1. The minimum Gasteiger partial charge on any atom is -0.506 e. The number of benzene rings is 2.